The van der Waals surface area contributed by atoms with E-state index in [1.807, 2.05) is 11.8 Å². The van der Waals surface area contributed by atoms with Gasteiger partial charge in [-0.3, -0.25) is 0 Å². The quantitative estimate of drug-likeness (QED) is 0.405. The summed E-state index contributed by atoms with van der Waals surface area (Å²) in [7, 11) is 4.14. The molecule has 0 aliphatic rings. The van der Waals surface area contributed by atoms with Gasteiger partial charge in [0.15, 0.2) is 0 Å². The number of hydrogen-bond acceptors (Lipinski definition) is 6. The summed E-state index contributed by atoms with van der Waals surface area (Å²) < 4.78 is 27.0. The Hall–Kier alpha value is 0.584. The van der Waals surface area contributed by atoms with Crippen LogP contribution in [0.4, 0.5) is 0 Å². The van der Waals surface area contributed by atoms with E-state index in [9.17, 15) is 0 Å². The Morgan fingerprint density at radius 1 is 0.737 bits per heavy atom. The molecule has 19 heavy (non-hydrogen) atoms. The molecule has 0 spiro atoms. The van der Waals surface area contributed by atoms with Crippen molar-refractivity contribution in [1.82, 2.24) is 0 Å². The smallest absolute Gasteiger partial charge is 0.398 e. The molecule has 0 bridgehead atoms. The Morgan fingerprint density at radius 3 is 1.68 bits per heavy atom. The standard InChI is InChI=1S/C11H28O5SSi2/c1-12-18(6,13-2)10-7-8-17-9-11-19(14-3,15-4)16-5/h7-11H2,1-6H3. The van der Waals surface area contributed by atoms with Crippen molar-refractivity contribution in [2.24, 2.45) is 0 Å². The lowest BCUT2D eigenvalue weighted by molar-refractivity contribution is 0.125. The predicted octanol–water partition coefficient (Wildman–Crippen LogP) is 2.35. The molecular weight excluding hydrogens is 300 g/mol. The molecule has 0 saturated heterocycles. The van der Waals surface area contributed by atoms with Gasteiger partial charge >= 0.3 is 17.4 Å². The zero-order valence-corrected chi connectivity index (χ0v) is 15.8. The summed E-state index contributed by atoms with van der Waals surface area (Å²) in [6, 6.07) is 1.86. The van der Waals surface area contributed by atoms with E-state index in [1.54, 1.807) is 35.5 Å². The van der Waals surface area contributed by atoms with Gasteiger partial charge in [-0.25, -0.2) is 0 Å². The topological polar surface area (TPSA) is 46.2 Å². The minimum atomic E-state index is -2.39. The number of rotatable bonds is 12. The SMILES string of the molecule is CO[Si](C)(CCCSCC[Si](OC)(OC)OC)OC. The molecule has 0 unspecified atom stereocenters. The first kappa shape index (κ1) is 19.6. The van der Waals surface area contributed by atoms with Crippen molar-refractivity contribution < 1.29 is 22.1 Å². The van der Waals surface area contributed by atoms with Crippen LogP contribution in [0.3, 0.4) is 0 Å². The van der Waals surface area contributed by atoms with Crippen LogP contribution in [0, 0.1) is 0 Å². The molecule has 0 amide bonds. The van der Waals surface area contributed by atoms with Crippen LogP contribution in [0.15, 0.2) is 0 Å². The van der Waals surface area contributed by atoms with Crippen molar-refractivity contribution in [3.05, 3.63) is 0 Å². The van der Waals surface area contributed by atoms with Gasteiger partial charge < -0.3 is 22.1 Å². The second kappa shape index (κ2) is 10.3. The van der Waals surface area contributed by atoms with Gasteiger partial charge in [-0.1, -0.05) is 0 Å². The van der Waals surface area contributed by atoms with Gasteiger partial charge in [-0.15, -0.1) is 0 Å². The van der Waals surface area contributed by atoms with Gasteiger partial charge in [-0.05, 0) is 30.5 Å². The zero-order chi connectivity index (χ0) is 14.8. The third-order valence-corrected chi connectivity index (χ3v) is 10.4. The highest BCUT2D eigenvalue weighted by Gasteiger charge is 2.37. The second-order valence-corrected chi connectivity index (χ2v) is 12.2. The van der Waals surface area contributed by atoms with Crippen molar-refractivity contribution in [3.8, 4) is 0 Å². The van der Waals surface area contributed by atoms with Crippen molar-refractivity contribution in [2.75, 3.05) is 47.1 Å². The Balaban J connectivity index is 3.76. The maximum Gasteiger partial charge on any atom is 0.500 e. The highest BCUT2D eigenvalue weighted by Crippen LogP contribution is 2.20. The molecule has 0 radical (unpaired) electrons. The average molecular weight is 329 g/mol. The molecule has 0 aliphatic carbocycles. The van der Waals surface area contributed by atoms with Crippen LogP contribution in [0.2, 0.25) is 18.6 Å². The van der Waals surface area contributed by atoms with Crippen LogP contribution in [0.1, 0.15) is 6.42 Å². The molecule has 0 aromatic carbocycles. The lowest BCUT2D eigenvalue weighted by Gasteiger charge is -2.24. The molecule has 0 aromatic rings. The van der Waals surface area contributed by atoms with E-state index in [1.165, 1.54) is 0 Å². The fourth-order valence-corrected chi connectivity index (χ4v) is 6.53. The van der Waals surface area contributed by atoms with E-state index in [0.29, 0.717) is 0 Å². The number of thioether (sulfide) groups is 1. The van der Waals surface area contributed by atoms with Gasteiger partial charge in [0, 0.05) is 41.6 Å². The second-order valence-electron chi connectivity index (χ2n) is 4.30. The Morgan fingerprint density at radius 2 is 1.26 bits per heavy atom. The minimum absolute atomic E-state index is 0.838. The minimum Gasteiger partial charge on any atom is -0.398 e. The summed E-state index contributed by atoms with van der Waals surface area (Å²) in [6.07, 6.45) is 1.11. The Bertz CT molecular complexity index is 217. The van der Waals surface area contributed by atoms with Crippen LogP contribution in [-0.4, -0.2) is 64.4 Å². The normalized spacial score (nSPS) is 12.9. The average Bonchev–Trinajstić information content (AvgIpc) is 2.47. The van der Waals surface area contributed by atoms with E-state index in [2.05, 4.69) is 6.55 Å². The highest BCUT2D eigenvalue weighted by molar-refractivity contribution is 7.99. The van der Waals surface area contributed by atoms with Crippen LogP contribution in [-0.2, 0) is 22.1 Å². The van der Waals surface area contributed by atoms with Crippen LogP contribution < -0.4 is 0 Å². The van der Waals surface area contributed by atoms with Crippen LogP contribution in [0.5, 0.6) is 0 Å². The largest absolute Gasteiger partial charge is 0.500 e. The first-order valence-corrected chi connectivity index (χ1v) is 12.0. The van der Waals surface area contributed by atoms with Gasteiger partial charge in [0.05, 0.1) is 0 Å². The fourth-order valence-electron chi connectivity index (χ4n) is 1.64. The maximum atomic E-state index is 5.45. The Kier molecular flexibility index (Phi) is 10.6. The molecule has 0 atom stereocenters. The van der Waals surface area contributed by atoms with Crippen molar-refractivity contribution in [2.45, 2.75) is 25.1 Å². The summed E-state index contributed by atoms with van der Waals surface area (Å²) in [4.78, 5) is 0. The van der Waals surface area contributed by atoms with Crippen molar-refractivity contribution in [1.29, 1.82) is 0 Å². The van der Waals surface area contributed by atoms with Crippen molar-refractivity contribution in [3.63, 3.8) is 0 Å². The summed E-state index contributed by atoms with van der Waals surface area (Å²) in [5, 5.41) is 0. The molecule has 0 heterocycles. The molecule has 0 aromatic heterocycles. The fraction of sp³-hybridized carbons (Fsp3) is 1.00. The molecule has 5 nitrogen and oxygen atoms in total. The summed E-state index contributed by atoms with van der Waals surface area (Å²) in [5.74, 6) is 2.08. The summed E-state index contributed by atoms with van der Waals surface area (Å²) in [5.41, 5.74) is 0. The number of hydrogen-bond donors (Lipinski definition) is 0. The molecule has 0 aliphatic heterocycles. The summed E-state index contributed by atoms with van der Waals surface area (Å²) >= 11 is 1.89. The molecule has 0 rings (SSSR count). The highest BCUT2D eigenvalue weighted by atomic mass is 32.2. The van der Waals surface area contributed by atoms with E-state index in [-0.39, 0.29) is 0 Å². The first-order chi connectivity index (χ1) is 9.01. The van der Waals surface area contributed by atoms with Crippen LogP contribution in [0.25, 0.3) is 0 Å². The molecule has 116 valence electrons. The van der Waals surface area contributed by atoms with Gasteiger partial charge in [0.25, 0.3) is 0 Å². The lowest BCUT2D eigenvalue weighted by atomic mass is 10.6. The summed E-state index contributed by atoms with van der Waals surface area (Å²) in [6.45, 7) is 2.09. The first-order valence-electron chi connectivity index (χ1n) is 6.35. The third-order valence-electron chi connectivity index (χ3n) is 3.27. The van der Waals surface area contributed by atoms with E-state index in [0.717, 1.165) is 30.0 Å². The van der Waals surface area contributed by atoms with E-state index >= 15 is 0 Å². The molecule has 8 heteroatoms. The Labute approximate surface area is 123 Å². The van der Waals surface area contributed by atoms with E-state index < -0.39 is 17.4 Å². The van der Waals surface area contributed by atoms with E-state index in [4.69, 9.17) is 22.1 Å². The third kappa shape index (κ3) is 7.23. The maximum absolute atomic E-state index is 5.45. The molecular formula is C11H28O5SSi2. The van der Waals surface area contributed by atoms with Crippen LogP contribution >= 0.6 is 11.8 Å². The molecule has 0 N–H and O–H groups in total. The lowest BCUT2D eigenvalue weighted by Crippen LogP contribution is -2.43. The monoisotopic (exact) mass is 328 g/mol. The van der Waals surface area contributed by atoms with Crippen molar-refractivity contribution >= 4 is 29.1 Å². The van der Waals surface area contributed by atoms with Gasteiger partial charge in [0.2, 0.25) is 0 Å². The zero-order valence-electron chi connectivity index (χ0n) is 13.0. The van der Waals surface area contributed by atoms with Gasteiger partial charge in [-0.2, -0.15) is 11.8 Å². The predicted molar refractivity (Wildman–Crippen MR) is 84.0 cm³/mol. The van der Waals surface area contributed by atoms with Gasteiger partial charge in [0.1, 0.15) is 0 Å². The molecule has 0 fully saturated rings. The molecule has 0 saturated carbocycles.